The van der Waals surface area contributed by atoms with E-state index in [0.717, 1.165) is 83.5 Å². The SMILES string of the molecule is COc1ccc(-c2c3c4ccccc4n(-c4[c-]cccc4)c3nc3c2c2ccccc2n3-c2cccc(-c3ccccc3C)n2)cc1.[Pt]. The average Bonchev–Trinajstić information content (AvgIpc) is 3.64. The summed E-state index contributed by atoms with van der Waals surface area (Å²) >= 11 is 0. The molecular weight excluding hydrogens is 772 g/mol. The first-order chi connectivity index (χ1) is 23.2. The van der Waals surface area contributed by atoms with Gasteiger partial charge >= 0.3 is 0 Å². The molecule has 0 aliphatic rings. The number of para-hydroxylation sites is 3. The van der Waals surface area contributed by atoms with Gasteiger partial charge in [0.15, 0.2) is 0 Å². The molecule has 0 radical (unpaired) electrons. The standard InChI is InChI=1S/C42H29N4O.Pt/c1-27-13-6-7-16-31(27)34-19-12-22-37(43-34)46-36-21-11-9-18-33(36)40-38(28-23-25-30(47-2)26-24-28)39-32-17-8-10-20-35(32)45(41(39)44-42(40)46)29-14-4-3-5-15-29;/h3-14,16-26H,1-2H3;/q-1;. The Kier molecular flexibility index (Phi) is 7.43. The minimum absolute atomic E-state index is 0. The summed E-state index contributed by atoms with van der Waals surface area (Å²) in [6.45, 7) is 2.13. The number of rotatable bonds is 5. The van der Waals surface area contributed by atoms with Crippen molar-refractivity contribution >= 4 is 43.9 Å². The van der Waals surface area contributed by atoms with Crippen molar-refractivity contribution in [2.75, 3.05) is 7.11 Å². The summed E-state index contributed by atoms with van der Waals surface area (Å²) < 4.78 is 10.0. The quantitative estimate of drug-likeness (QED) is 0.163. The molecule has 9 rings (SSSR count). The van der Waals surface area contributed by atoms with Crippen LogP contribution in [-0.2, 0) is 21.1 Å². The normalized spacial score (nSPS) is 11.4. The summed E-state index contributed by atoms with van der Waals surface area (Å²) in [5.41, 5.74) is 10.2. The van der Waals surface area contributed by atoms with Crippen molar-refractivity contribution in [1.29, 1.82) is 0 Å². The third-order valence-electron chi connectivity index (χ3n) is 9.11. The second-order valence-corrected chi connectivity index (χ2v) is 11.8. The summed E-state index contributed by atoms with van der Waals surface area (Å²) in [5, 5.41) is 4.44. The van der Waals surface area contributed by atoms with Gasteiger partial charge in [0, 0.05) is 53.7 Å². The van der Waals surface area contributed by atoms with Gasteiger partial charge in [-0.25, -0.2) is 9.97 Å². The van der Waals surface area contributed by atoms with Crippen LogP contribution in [0.25, 0.3) is 77.8 Å². The molecule has 5 nitrogen and oxygen atoms in total. The van der Waals surface area contributed by atoms with Gasteiger partial charge in [-0.1, -0.05) is 84.6 Å². The zero-order valence-electron chi connectivity index (χ0n) is 26.3. The molecule has 0 spiro atoms. The van der Waals surface area contributed by atoms with Crippen molar-refractivity contribution in [2.45, 2.75) is 6.92 Å². The van der Waals surface area contributed by atoms with Gasteiger partial charge in [0.1, 0.15) is 22.9 Å². The molecule has 9 aromatic rings. The molecule has 5 aromatic carbocycles. The number of aryl methyl sites for hydroxylation is 1. The topological polar surface area (TPSA) is 44.9 Å². The van der Waals surface area contributed by atoms with Gasteiger partial charge in [0.25, 0.3) is 0 Å². The Balaban J connectivity index is 0.00000336. The molecule has 0 bridgehead atoms. The second-order valence-electron chi connectivity index (χ2n) is 11.8. The van der Waals surface area contributed by atoms with Crippen LogP contribution in [0.4, 0.5) is 0 Å². The number of hydrogen-bond acceptors (Lipinski definition) is 3. The second kappa shape index (κ2) is 11.9. The minimum Gasteiger partial charge on any atom is -0.497 e. The zero-order valence-corrected chi connectivity index (χ0v) is 28.6. The van der Waals surface area contributed by atoms with Gasteiger partial charge in [-0.15, -0.1) is 6.07 Å². The molecule has 0 N–H and O–H groups in total. The minimum atomic E-state index is 0. The van der Waals surface area contributed by atoms with E-state index in [1.807, 2.05) is 30.3 Å². The van der Waals surface area contributed by atoms with Gasteiger partial charge in [-0.05, 0) is 54.4 Å². The van der Waals surface area contributed by atoms with Crippen LogP contribution in [0.15, 0.2) is 140 Å². The molecule has 0 aliphatic heterocycles. The van der Waals surface area contributed by atoms with Gasteiger partial charge < -0.3 is 9.30 Å². The zero-order chi connectivity index (χ0) is 31.5. The molecule has 0 unspecified atom stereocenters. The maximum atomic E-state index is 5.59. The van der Waals surface area contributed by atoms with Gasteiger partial charge in [-0.3, -0.25) is 4.57 Å². The number of nitrogens with zero attached hydrogens (tertiary/aromatic N) is 4. The van der Waals surface area contributed by atoms with E-state index in [9.17, 15) is 0 Å². The number of ether oxygens (including phenoxy) is 1. The van der Waals surface area contributed by atoms with Crippen LogP contribution >= 0.6 is 0 Å². The molecule has 0 saturated heterocycles. The van der Waals surface area contributed by atoms with Crippen LogP contribution in [0.3, 0.4) is 0 Å². The van der Waals surface area contributed by atoms with E-state index in [1.54, 1.807) is 7.11 Å². The Morgan fingerprint density at radius 2 is 1.25 bits per heavy atom. The van der Waals surface area contributed by atoms with Crippen LogP contribution in [0.5, 0.6) is 5.75 Å². The molecule has 0 saturated carbocycles. The monoisotopic (exact) mass is 800 g/mol. The number of pyridine rings is 2. The summed E-state index contributed by atoms with van der Waals surface area (Å²) in [4.78, 5) is 10.9. The predicted octanol–water partition coefficient (Wildman–Crippen LogP) is 10.1. The number of fused-ring (bicyclic) bond motifs is 6. The predicted molar refractivity (Wildman–Crippen MR) is 192 cm³/mol. The molecule has 4 aromatic heterocycles. The fourth-order valence-electron chi connectivity index (χ4n) is 6.99. The van der Waals surface area contributed by atoms with Gasteiger partial charge in [0.05, 0.1) is 23.8 Å². The maximum absolute atomic E-state index is 5.59. The fourth-order valence-corrected chi connectivity index (χ4v) is 6.99. The first kappa shape index (κ1) is 29.9. The van der Waals surface area contributed by atoms with Crippen LogP contribution in [0.1, 0.15) is 5.56 Å². The molecule has 0 atom stereocenters. The number of aromatic nitrogens is 4. The first-order valence-corrected chi connectivity index (χ1v) is 15.7. The molecule has 0 aliphatic carbocycles. The van der Waals surface area contributed by atoms with Gasteiger partial charge in [0.2, 0.25) is 0 Å². The molecule has 4 heterocycles. The van der Waals surface area contributed by atoms with Crippen LogP contribution in [0, 0.1) is 13.0 Å². The molecule has 0 amide bonds. The summed E-state index contributed by atoms with van der Waals surface area (Å²) in [7, 11) is 1.70. The van der Waals surface area contributed by atoms with E-state index in [2.05, 4.69) is 131 Å². The van der Waals surface area contributed by atoms with Crippen molar-refractivity contribution in [3.05, 3.63) is 151 Å². The number of methoxy groups -OCH3 is 1. The molecule has 234 valence electrons. The first-order valence-electron chi connectivity index (χ1n) is 15.7. The van der Waals surface area contributed by atoms with Crippen molar-refractivity contribution in [1.82, 2.24) is 19.1 Å². The average molecular weight is 801 g/mol. The molecular formula is C42H29N4OPt-. The summed E-state index contributed by atoms with van der Waals surface area (Å²) in [5.74, 6) is 1.63. The Bertz CT molecular complexity index is 2620. The molecule has 48 heavy (non-hydrogen) atoms. The van der Waals surface area contributed by atoms with Crippen molar-refractivity contribution in [2.24, 2.45) is 0 Å². The fraction of sp³-hybridized carbons (Fsp3) is 0.0476. The van der Waals surface area contributed by atoms with Crippen LogP contribution in [-0.4, -0.2) is 26.2 Å². The Morgan fingerprint density at radius 3 is 1.94 bits per heavy atom. The van der Waals surface area contributed by atoms with E-state index in [4.69, 9.17) is 14.7 Å². The maximum Gasteiger partial charge on any atom is 0.149 e. The smallest absolute Gasteiger partial charge is 0.149 e. The third kappa shape index (κ3) is 4.57. The molecule has 6 heteroatoms. The van der Waals surface area contributed by atoms with Gasteiger partial charge in [-0.2, -0.15) is 24.3 Å². The largest absolute Gasteiger partial charge is 0.497 e. The number of benzene rings is 5. The van der Waals surface area contributed by atoms with E-state index in [1.165, 1.54) is 5.56 Å². The van der Waals surface area contributed by atoms with E-state index in [-0.39, 0.29) is 21.1 Å². The van der Waals surface area contributed by atoms with Crippen molar-refractivity contribution < 1.29 is 25.8 Å². The Morgan fingerprint density at radius 1 is 0.604 bits per heavy atom. The van der Waals surface area contributed by atoms with E-state index in [0.29, 0.717) is 0 Å². The van der Waals surface area contributed by atoms with Crippen LogP contribution in [0.2, 0.25) is 0 Å². The van der Waals surface area contributed by atoms with Crippen LogP contribution < -0.4 is 4.74 Å². The number of hydrogen-bond donors (Lipinski definition) is 0. The summed E-state index contributed by atoms with van der Waals surface area (Å²) in [6.07, 6.45) is 0. The molecule has 0 fully saturated rings. The van der Waals surface area contributed by atoms with E-state index >= 15 is 0 Å². The summed E-state index contributed by atoms with van der Waals surface area (Å²) in [6, 6.07) is 51.7. The van der Waals surface area contributed by atoms with Crippen molar-refractivity contribution in [3.8, 4) is 39.6 Å². The van der Waals surface area contributed by atoms with Crippen molar-refractivity contribution in [3.63, 3.8) is 0 Å². The third-order valence-corrected chi connectivity index (χ3v) is 9.11. The Hall–Kier alpha value is -5.51. The Labute approximate surface area is 292 Å². The van der Waals surface area contributed by atoms with E-state index < -0.39 is 0 Å².